The molecule has 1 aromatic carbocycles. The van der Waals surface area contributed by atoms with E-state index < -0.39 is 0 Å². The van der Waals surface area contributed by atoms with E-state index in [1.165, 1.54) is 45.9 Å². The van der Waals surface area contributed by atoms with Crippen LogP contribution in [0, 0.1) is 0 Å². The molecule has 0 radical (unpaired) electrons. The molecule has 1 aliphatic carbocycles. The molecule has 0 spiro atoms. The van der Waals surface area contributed by atoms with Crippen LogP contribution in [0.25, 0.3) is 5.57 Å². The van der Waals surface area contributed by atoms with Gasteiger partial charge in [-0.1, -0.05) is 23.2 Å². The van der Waals surface area contributed by atoms with Crippen LogP contribution < -0.4 is 9.30 Å². The summed E-state index contributed by atoms with van der Waals surface area (Å²) in [6.45, 7) is 1.36. The van der Waals surface area contributed by atoms with Crippen molar-refractivity contribution in [3.63, 3.8) is 0 Å². The fourth-order valence-electron chi connectivity index (χ4n) is 4.95. The summed E-state index contributed by atoms with van der Waals surface area (Å²) in [5.74, 6) is 0.00801. The molecule has 1 aliphatic heterocycles. The van der Waals surface area contributed by atoms with Crippen molar-refractivity contribution in [2.75, 3.05) is 13.1 Å². The standard InChI is InChI=1S/C26H26ClN3O2/c1-28-12-2-3-19-4-5-21-17-22(27)6-7-23(21)24(25(19)28)18-8-13-29(14-9-18)26(31)20-10-15-30(32)16-11-20/h2-3,6-7,10-12,15-17,32H,4-5,8-9,13-14H2,1H3/q+2. The molecular formula is C26H26ClN3O2+2. The van der Waals surface area contributed by atoms with E-state index in [9.17, 15) is 10.0 Å². The number of amides is 1. The van der Waals surface area contributed by atoms with Crippen LogP contribution in [0.3, 0.4) is 0 Å². The highest BCUT2D eigenvalue weighted by Gasteiger charge is 2.30. The van der Waals surface area contributed by atoms with Gasteiger partial charge in [-0.3, -0.25) is 10.0 Å². The Morgan fingerprint density at radius 2 is 1.69 bits per heavy atom. The molecule has 5 rings (SSSR count). The number of carbonyl (C=O) groups excluding carboxylic acids is 1. The van der Waals surface area contributed by atoms with Gasteiger partial charge in [-0.15, -0.1) is 0 Å². The van der Waals surface area contributed by atoms with Crippen LogP contribution in [0.5, 0.6) is 0 Å². The van der Waals surface area contributed by atoms with E-state index in [1.54, 1.807) is 12.1 Å². The SMILES string of the molecule is C[n+]1cccc2c1C(=C1CCN(C(=O)c3cc[n+](O)cc3)CC1)c1ccc(Cl)cc1CC2. The van der Waals surface area contributed by atoms with Crippen LogP contribution in [0.15, 0.2) is 66.6 Å². The van der Waals surface area contributed by atoms with Gasteiger partial charge in [-0.2, -0.15) is 0 Å². The molecule has 3 heterocycles. The number of carbonyl (C=O) groups is 1. The lowest BCUT2D eigenvalue weighted by atomic mass is 9.88. The van der Waals surface area contributed by atoms with Crippen molar-refractivity contribution in [1.82, 2.24) is 4.90 Å². The summed E-state index contributed by atoms with van der Waals surface area (Å²) in [7, 11) is 2.11. The Kier molecular flexibility index (Phi) is 5.43. The minimum Gasteiger partial charge on any atom is -0.338 e. The first kappa shape index (κ1) is 20.7. The van der Waals surface area contributed by atoms with Crippen molar-refractivity contribution in [2.45, 2.75) is 25.7 Å². The van der Waals surface area contributed by atoms with E-state index in [2.05, 4.69) is 42.1 Å². The smallest absolute Gasteiger partial charge is 0.254 e. The molecule has 0 saturated carbocycles. The number of likely N-dealkylation sites (tertiary alicyclic amines) is 1. The van der Waals surface area contributed by atoms with Gasteiger partial charge in [-0.05, 0) is 55.0 Å². The molecule has 162 valence electrons. The van der Waals surface area contributed by atoms with E-state index in [0.29, 0.717) is 18.7 Å². The molecule has 32 heavy (non-hydrogen) atoms. The summed E-state index contributed by atoms with van der Waals surface area (Å²) >= 11 is 6.35. The van der Waals surface area contributed by atoms with Gasteiger partial charge in [0.25, 0.3) is 5.91 Å². The predicted octanol–water partition coefficient (Wildman–Crippen LogP) is 3.53. The van der Waals surface area contributed by atoms with Gasteiger partial charge in [0.15, 0.2) is 6.20 Å². The third kappa shape index (κ3) is 3.78. The summed E-state index contributed by atoms with van der Waals surface area (Å²) in [6, 6.07) is 13.9. The van der Waals surface area contributed by atoms with E-state index >= 15 is 0 Å². The second-order valence-electron chi connectivity index (χ2n) is 8.53. The van der Waals surface area contributed by atoms with Crippen LogP contribution in [0.1, 0.15) is 45.6 Å². The number of aryl methyl sites for hydroxylation is 3. The normalized spacial score (nSPS) is 15.8. The van der Waals surface area contributed by atoms with Crippen molar-refractivity contribution in [1.29, 1.82) is 0 Å². The molecule has 0 bridgehead atoms. The molecule has 1 N–H and O–H groups in total. The number of hydrogen-bond donors (Lipinski definition) is 1. The average Bonchev–Trinajstić information content (AvgIpc) is 2.97. The Labute approximate surface area is 192 Å². The monoisotopic (exact) mass is 447 g/mol. The number of rotatable bonds is 1. The first-order chi connectivity index (χ1) is 15.5. The van der Waals surface area contributed by atoms with Gasteiger partial charge in [0.1, 0.15) is 7.05 Å². The number of pyridine rings is 2. The Hall–Kier alpha value is -3.18. The maximum absolute atomic E-state index is 12.9. The first-order valence-corrected chi connectivity index (χ1v) is 11.4. The number of piperidine rings is 1. The summed E-state index contributed by atoms with van der Waals surface area (Å²) in [5, 5.41) is 10.2. The van der Waals surface area contributed by atoms with Crippen LogP contribution in [-0.4, -0.2) is 29.1 Å². The highest BCUT2D eigenvalue weighted by Crippen LogP contribution is 2.38. The molecule has 0 unspecified atom stereocenters. The zero-order valence-corrected chi connectivity index (χ0v) is 18.8. The highest BCUT2D eigenvalue weighted by atomic mass is 35.5. The minimum absolute atomic E-state index is 0.00801. The van der Waals surface area contributed by atoms with Crippen molar-refractivity contribution < 1.29 is 19.3 Å². The quantitative estimate of drug-likeness (QED) is 0.458. The lowest BCUT2D eigenvalue weighted by Crippen LogP contribution is -2.38. The third-order valence-electron chi connectivity index (χ3n) is 6.57. The Morgan fingerprint density at radius 3 is 2.44 bits per heavy atom. The van der Waals surface area contributed by atoms with Gasteiger partial charge in [-0.25, -0.2) is 4.57 Å². The number of fused-ring (bicyclic) bond motifs is 2. The second kappa shape index (κ2) is 8.40. The van der Waals surface area contributed by atoms with Crippen molar-refractivity contribution in [3.05, 3.63) is 99.6 Å². The summed E-state index contributed by atoms with van der Waals surface area (Å²) in [6.07, 6.45) is 8.70. The van der Waals surface area contributed by atoms with E-state index in [4.69, 9.17) is 11.6 Å². The Bertz CT molecular complexity index is 1220. The van der Waals surface area contributed by atoms with Crippen LogP contribution in [-0.2, 0) is 19.9 Å². The third-order valence-corrected chi connectivity index (χ3v) is 6.80. The number of benzene rings is 1. The number of halogens is 1. The van der Waals surface area contributed by atoms with Crippen molar-refractivity contribution >= 4 is 23.1 Å². The van der Waals surface area contributed by atoms with Crippen molar-refractivity contribution in [2.24, 2.45) is 7.05 Å². The molecule has 1 amide bonds. The molecule has 6 heteroatoms. The molecule has 3 aromatic rings. The van der Waals surface area contributed by atoms with Gasteiger partial charge in [0.05, 0.1) is 11.1 Å². The topological polar surface area (TPSA) is 48.3 Å². The number of nitrogens with zero attached hydrogens (tertiary/aromatic N) is 3. The van der Waals surface area contributed by atoms with Crippen LogP contribution >= 0.6 is 11.6 Å². The van der Waals surface area contributed by atoms with Crippen LogP contribution in [0.2, 0.25) is 5.02 Å². The van der Waals surface area contributed by atoms with Crippen molar-refractivity contribution in [3.8, 4) is 0 Å². The fraction of sp³-hybridized carbons (Fsp3) is 0.269. The first-order valence-electron chi connectivity index (χ1n) is 11.0. The lowest BCUT2D eigenvalue weighted by Gasteiger charge is -2.30. The molecule has 2 aliphatic rings. The summed E-state index contributed by atoms with van der Waals surface area (Å²) < 4.78 is 3.18. The van der Waals surface area contributed by atoms with Crippen LogP contribution in [0.4, 0.5) is 0 Å². The average molecular weight is 448 g/mol. The molecule has 1 saturated heterocycles. The molecular weight excluding hydrogens is 422 g/mol. The van der Waals surface area contributed by atoms with E-state index in [1.807, 2.05) is 11.0 Å². The fourth-order valence-corrected chi connectivity index (χ4v) is 5.14. The zero-order chi connectivity index (χ0) is 22.2. The van der Waals surface area contributed by atoms with E-state index in [-0.39, 0.29) is 5.91 Å². The Morgan fingerprint density at radius 1 is 0.969 bits per heavy atom. The van der Waals surface area contributed by atoms with Gasteiger partial charge < -0.3 is 4.90 Å². The van der Waals surface area contributed by atoms with Gasteiger partial charge in [0.2, 0.25) is 18.1 Å². The van der Waals surface area contributed by atoms with E-state index in [0.717, 1.165) is 35.4 Å². The highest BCUT2D eigenvalue weighted by molar-refractivity contribution is 6.30. The second-order valence-corrected chi connectivity index (χ2v) is 8.97. The number of hydrogen-bond acceptors (Lipinski definition) is 2. The lowest BCUT2D eigenvalue weighted by molar-refractivity contribution is -0.904. The largest absolute Gasteiger partial charge is 0.338 e. The Balaban J connectivity index is 1.52. The summed E-state index contributed by atoms with van der Waals surface area (Å²) in [5.41, 5.74) is 8.47. The zero-order valence-electron chi connectivity index (χ0n) is 18.1. The molecule has 0 atom stereocenters. The number of aromatic nitrogens is 2. The molecule has 1 fully saturated rings. The molecule has 2 aromatic heterocycles. The maximum atomic E-state index is 12.9. The minimum atomic E-state index is 0.00801. The van der Waals surface area contributed by atoms with Gasteiger partial charge in [0, 0.05) is 46.6 Å². The summed E-state index contributed by atoms with van der Waals surface area (Å²) in [4.78, 5) is 14.8. The maximum Gasteiger partial charge on any atom is 0.254 e. The van der Waals surface area contributed by atoms with Gasteiger partial charge >= 0.3 is 0 Å². The predicted molar refractivity (Wildman–Crippen MR) is 121 cm³/mol. The molecule has 5 nitrogen and oxygen atoms in total.